The number of aryl methyl sites for hydroxylation is 1. The van der Waals surface area contributed by atoms with Gasteiger partial charge in [-0.3, -0.25) is 4.79 Å². The van der Waals surface area contributed by atoms with E-state index in [1.165, 1.54) is 0 Å². The lowest BCUT2D eigenvalue weighted by atomic mass is 9.81. The van der Waals surface area contributed by atoms with Crippen LogP contribution >= 0.6 is 0 Å². The molecular formula is C14H17N3O2. The Balaban J connectivity index is 2.79. The number of hydrogen-bond donors (Lipinski definition) is 1. The van der Waals surface area contributed by atoms with E-state index in [-0.39, 0.29) is 23.3 Å². The highest BCUT2D eigenvalue weighted by Crippen LogP contribution is 2.40. The van der Waals surface area contributed by atoms with Gasteiger partial charge in [0, 0.05) is 24.7 Å². The molecule has 0 saturated carbocycles. The monoisotopic (exact) mass is 259 g/mol. The van der Waals surface area contributed by atoms with Gasteiger partial charge in [-0.15, -0.1) is 0 Å². The van der Waals surface area contributed by atoms with Crippen LogP contribution in [0.15, 0.2) is 22.3 Å². The summed E-state index contributed by atoms with van der Waals surface area (Å²) < 4.78 is 7.02. The Labute approximate surface area is 111 Å². The molecule has 0 aromatic carbocycles. The second-order valence-corrected chi connectivity index (χ2v) is 5.14. The predicted molar refractivity (Wildman–Crippen MR) is 71.5 cm³/mol. The van der Waals surface area contributed by atoms with Crippen LogP contribution in [0.3, 0.4) is 0 Å². The molecule has 5 heteroatoms. The van der Waals surface area contributed by atoms with Crippen LogP contribution in [0.5, 0.6) is 5.75 Å². The zero-order valence-electron chi connectivity index (χ0n) is 11.5. The number of nitrogens with zero attached hydrogens (tertiary/aromatic N) is 2. The predicted octanol–water partition coefficient (Wildman–Crippen LogP) is 1.52. The van der Waals surface area contributed by atoms with Crippen molar-refractivity contribution in [3.8, 4) is 11.8 Å². The van der Waals surface area contributed by atoms with Crippen LogP contribution in [0.1, 0.15) is 31.0 Å². The second-order valence-electron chi connectivity index (χ2n) is 5.14. The van der Waals surface area contributed by atoms with Crippen molar-refractivity contribution in [2.45, 2.75) is 26.7 Å². The van der Waals surface area contributed by atoms with E-state index in [9.17, 15) is 10.1 Å². The van der Waals surface area contributed by atoms with Crippen molar-refractivity contribution < 1.29 is 4.74 Å². The summed E-state index contributed by atoms with van der Waals surface area (Å²) >= 11 is 0. The molecule has 0 radical (unpaired) electrons. The Bertz CT molecular complexity index is 662. The third kappa shape index (κ3) is 1.89. The van der Waals surface area contributed by atoms with E-state index in [1.54, 1.807) is 17.7 Å². The molecule has 2 rings (SSSR count). The molecule has 1 aliphatic rings. The molecule has 0 amide bonds. The molecule has 19 heavy (non-hydrogen) atoms. The molecule has 0 spiro atoms. The molecule has 100 valence electrons. The average molecular weight is 259 g/mol. The normalized spacial score (nSPS) is 18.0. The smallest absolute Gasteiger partial charge is 0.258 e. The molecule has 1 aromatic rings. The van der Waals surface area contributed by atoms with E-state index < -0.39 is 0 Å². The zero-order chi connectivity index (χ0) is 14.3. The van der Waals surface area contributed by atoms with E-state index in [4.69, 9.17) is 10.5 Å². The molecule has 2 N–H and O–H groups in total. The Kier molecular flexibility index (Phi) is 3.11. The second kappa shape index (κ2) is 4.47. The molecule has 1 aliphatic heterocycles. The SMILES string of the molecule is Cc1cc2c(c(=O)n1C)[C@H](C(C)C)C(C#N)=C(N)O2. The van der Waals surface area contributed by atoms with Crippen molar-refractivity contribution >= 4 is 0 Å². The summed E-state index contributed by atoms with van der Waals surface area (Å²) in [5, 5.41) is 9.24. The first-order chi connectivity index (χ1) is 8.88. The fourth-order valence-electron chi connectivity index (χ4n) is 2.44. The van der Waals surface area contributed by atoms with Crippen molar-refractivity contribution in [3.05, 3.63) is 39.1 Å². The van der Waals surface area contributed by atoms with Gasteiger partial charge in [0.1, 0.15) is 11.8 Å². The minimum Gasteiger partial charge on any atom is -0.440 e. The number of fused-ring (bicyclic) bond motifs is 1. The van der Waals surface area contributed by atoms with Gasteiger partial charge >= 0.3 is 0 Å². The first-order valence-corrected chi connectivity index (χ1v) is 6.16. The molecule has 0 aliphatic carbocycles. The number of hydrogen-bond acceptors (Lipinski definition) is 4. The van der Waals surface area contributed by atoms with Gasteiger partial charge in [0.25, 0.3) is 5.56 Å². The Morgan fingerprint density at radius 2 is 2.16 bits per heavy atom. The highest BCUT2D eigenvalue weighted by atomic mass is 16.5. The quantitative estimate of drug-likeness (QED) is 0.829. The van der Waals surface area contributed by atoms with Crippen LogP contribution in [0, 0.1) is 24.2 Å². The average Bonchev–Trinajstić information content (AvgIpc) is 2.34. The number of rotatable bonds is 1. The van der Waals surface area contributed by atoms with Crippen molar-refractivity contribution in [3.63, 3.8) is 0 Å². The molecule has 0 saturated heterocycles. The summed E-state index contributed by atoms with van der Waals surface area (Å²) in [5.41, 5.74) is 7.32. The van der Waals surface area contributed by atoms with Crippen molar-refractivity contribution in [1.29, 1.82) is 5.26 Å². The van der Waals surface area contributed by atoms with Crippen molar-refractivity contribution in [2.75, 3.05) is 0 Å². The summed E-state index contributed by atoms with van der Waals surface area (Å²) in [6, 6.07) is 3.85. The van der Waals surface area contributed by atoms with Gasteiger partial charge in [-0.05, 0) is 12.8 Å². The summed E-state index contributed by atoms with van der Waals surface area (Å²) in [6.45, 7) is 5.75. The van der Waals surface area contributed by atoms with Crippen LogP contribution in [-0.4, -0.2) is 4.57 Å². The van der Waals surface area contributed by atoms with Gasteiger partial charge in [-0.2, -0.15) is 5.26 Å². The topological polar surface area (TPSA) is 81.0 Å². The lowest BCUT2D eigenvalue weighted by molar-refractivity contribution is 0.367. The molecule has 0 unspecified atom stereocenters. The lowest BCUT2D eigenvalue weighted by Crippen LogP contribution is -2.32. The van der Waals surface area contributed by atoms with Crippen LogP contribution in [-0.2, 0) is 7.05 Å². The number of nitrogens with two attached hydrogens (primary N) is 1. The first-order valence-electron chi connectivity index (χ1n) is 6.16. The minimum atomic E-state index is -0.312. The summed E-state index contributed by atoms with van der Waals surface area (Å²) in [7, 11) is 1.71. The molecule has 1 aromatic heterocycles. The fourth-order valence-corrected chi connectivity index (χ4v) is 2.44. The largest absolute Gasteiger partial charge is 0.440 e. The van der Waals surface area contributed by atoms with E-state index in [0.29, 0.717) is 16.9 Å². The molecule has 0 bridgehead atoms. The molecule has 5 nitrogen and oxygen atoms in total. The number of nitriles is 1. The highest BCUT2D eigenvalue weighted by Gasteiger charge is 2.34. The van der Waals surface area contributed by atoms with Gasteiger partial charge < -0.3 is 15.0 Å². The van der Waals surface area contributed by atoms with E-state index in [1.807, 2.05) is 20.8 Å². The van der Waals surface area contributed by atoms with E-state index >= 15 is 0 Å². The maximum Gasteiger partial charge on any atom is 0.258 e. The minimum absolute atomic E-state index is 0.0891. The van der Waals surface area contributed by atoms with Gasteiger partial charge in [0.05, 0.1) is 11.1 Å². The fraction of sp³-hybridized carbons (Fsp3) is 0.429. The van der Waals surface area contributed by atoms with Gasteiger partial charge in [-0.25, -0.2) is 0 Å². The lowest BCUT2D eigenvalue weighted by Gasteiger charge is -2.28. The molecular weight excluding hydrogens is 242 g/mol. The molecule has 1 atom stereocenters. The Morgan fingerprint density at radius 3 is 2.68 bits per heavy atom. The standard InChI is InChI=1S/C14H17N3O2/c1-7(2)11-9(6-15)13(16)19-10-5-8(3)17(4)14(18)12(10)11/h5,7,11H,16H2,1-4H3/t11-/m1/s1. The summed E-state index contributed by atoms with van der Waals surface area (Å²) in [6.07, 6.45) is 0. The Hall–Kier alpha value is -2.22. The number of pyridine rings is 1. The maximum atomic E-state index is 12.4. The van der Waals surface area contributed by atoms with Crippen LogP contribution < -0.4 is 16.0 Å². The van der Waals surface area contributed by atoms with Gasteiger partial charge in [-0.1, -0.05) is 13.8 Å². The Morgan fingerprint density at radius 1 is 1.53 bits per heavy atom. The number of ether oxygens (including phenoxy) is 1. The summed E-state index contributed by atoms with van der Waals surface area (Å²) in [4.78, 5) is 12.4. The molecule has 2 heterocycles. The van der Waals surface area contributed by atoms with Crippen molar-refractivity contribution in [2.24, 2.45) is 18.7 Å². The maximum absolute atomic E-state index is 12.4. The number of aromatic nitrogens is 1. The van der Waals surface area contributed by atoms with Gasteiger partial charge in [0.2, 0.25) is 5.88 Å². The summed E-state index contributed by atoms with van der Waals surface area (Å²) in [5.74, 6) is 0.344. The van der Waals surface area contributed by atoms with Gasteiger partial charge in [0.15, 0.2) is 0 Å². The first kappa shape index (κ1) is 13.2. The third-order valence-corrected chi connectivity index (χ3v) is 3.56. The molecule has 0 fully saturated rings. The third-order valence-electron chi connectivity index (χ3n) is 3.56. The van der Waals surface area contributed by atoms with E-state index in [2.05, 4.69) is 6.07 Å². The van der Waals surface area contributed by atoms with Crippen LogP contribution in [0.25, 0.3) is 0 Å². The van der Waals surface area contributed by atoms with E-state index in [0.717, 1.165) is 5.69 Å². The zero-order valence-corrected chi connectivity index (χ0v) is 11.5. The number of allylic oxidation sites excluding steroid dienone is 1. The van der Waals surface area contributed by atoms with Crippen LogP contribution in [0.2, 0.25) is 0 Å². The van der Waals surface area contributed by atoms with Crippen molar-refractivity contribution in [1.82, 2.24) is 4.57 Å². The van der Waals surface area contributed by atoms with Crippen LogP contribution in [0.4, 0.5) is 0 Å². The highest BCUT2D eigenvalue weighted by molar-refractivity contribution is 5.49.